The van der Waals surface area contributed by atoms with E-state index in [1.807, 2.05) is 60.0 Å². The highest BCUT2D eigenvalue weighted by Crippen LogP contribution is 2.27. The summed E-state index contributed by atoms with van der Waals surface area (Å²) < 4.78 is 1.90. The van der Waals surface area contributed by atoms with Gasteiger partial charge in [0.25, 0.3) is 11.8 Å². The van der Waals surface area contributed by atoms with Gasteiger partial charge >= 0.3 is 0 Å². The van der Waals surface area contributed by atoms with Crippen molar-refractivity contribution in [1.82, 2.24) is 20.2 Å². The van der Waals surface area contributed by atoms with Crippen LogP contribution in [0.25, 0.3) is 16.2 Å². The topological polar surface area (TPSA) is 75.5 Å². The molecule has 0 spiro atoms. The Morgan fingerprint density at radius 3 is 2.19 bits per heavy atom. The normalized spacial score (nSPS) is 11.5. The molecule has 0 saturated heterocycles. The smallest absolute Gasteiger partial charge is 0.281 e. The largest absolute Gasteiger partial charge is 0.293 e. The molecule has 2 amide bonds. The molecule has 2 aromatic carbocycles. The van der Waals surface area contributed by atoms with E-state index >= 15 is 0 Å². The zero-order chi connectivity index (χ0) is 22.2. The molecule has 2 heterocycles. The molecule has 2 N–H and O–H groups in total. The minimum atomic E-state index is -0.367. The molecule has 158 valence electrons. The van der Waals surface area contributed by atoms with Gasteiger partial charge in [-0.1, -0.05) is 74.6 Å². The number of thiazole rings is 1. The lowest BCUT2D eigenvalue weighted by Crippen LogP contribution is -2.41. The molecule has 0 aliphatic rings. The monoisotopic (exact) mass is 432 g/mol. The molecule has 4 aromatic rings. The Bertz CT molecular complexity index is 1250. The van der Waals surface area contributed by atoms with Crippen LogP contribution in [0.2, 0.25) is 0 Å². The lowest BCUT2D eigenvalue weighted by Gasteiger charge is -2.19. The highest BCUT2D eigenvalue weighted by molar-refractivity contribution is 7.19. The predicted octanol–water partition coefficient (Wildman–Crippen LogP) is 4.74. The van der Waals surface area contributed by atoms with Gasteiger partial charge in [-0.05, 0) is 30.0 Å². The van der Waals surface area contributed by atoms with E-state index in [1.54, 1.807) is 12.1 Å². The number of nitrogens with one attached hydrogen (secondary N) is 2. The standard InChI is InChI=1S/C24H24N4O2S/c1-15-20(31-23-25-19(14-28(15)23)16-8-6-5-7-9-16)22(30)27-26-21(29)17-10-12-18(13-11-17)24(2,3)4/h5-14H,1-4H3,(H,26,29)(H,27,30). The first-order valence-corrected chi connectivity index (χ1v) is 10.8. The van der Waals surface area contributed by atoms with Crippen LogP contribution in [-0.2, 0) is 5.41 Å². The summed E-state index contributed by atoms with van der Waals surface area (Å²) in [5.74, 6) is -0.729. The average Bonchev–Trinajstić information content (AvgIpc) is 3.31. The van der Waals surface area contributed by atoms with Crippen LogP contribution in [-0.4, -0.2) is 21.2 Å². The van der Waals surface area contributed by atoms with Gasteiger partial charge in [0.15, 0.2) is 4.96 Å². The van der Waals surface area contributed by atoms with Gasteiger partial charge in [-0.3, -0.25) is 24.8 Å². The molecule has 2 aromatic heterocycles. The van der Waals surface area contributed by atoms with E-state index in [0.29, 0.717) is 10.4 Å². The van der Waals surface area contributed by atoms with E-state index in [-0.39, 0.29) is 17.2 Å². The molecular weight excluding hydrogens is 408 g/mol. The average molecular weight is 433 g/mol. The molecule has 0 aliphatic heterocycles. The molecule has 0 bridgehead atoms. The fraction of sp³-hybridized carbons (Fsp3) is 0.208. The summed E-state index contributed by atoms with van der Waals surface area (Å²) >= 11 is 1.29. The van der Waals surface area contributed by atoms with Crippen LogP contribution in [0.15, 0.2) is 60.8 Å². The number of fused-ring (bicyclic) bond motifs is 1. The molecule has 31 heavy (non-hydrogen) atoms. The van der Waals surface area contributed by atoms with E-state index in [4.69, 9.17) is 0 Å². The first-order valence-electron chi connectivity index (χ1n) is 9.99. The Balaban J connectivity index is 1.45. The Hall–Kier alpha value is -3.45. The van der Waals surface area contributed by atoms with Crippen LogP contribution >= 0.6 is 11.3 Å². The van der Waals surface area contributed by atoms with Crippen LogP contribution < -0.4 is 10.9 Å². The first-order chi connectivity index (χ1) is 14.7. The van der Waals surface area contributed by atoms with Crippen molar-refractivity contribution in [2.24, 2.45) is 0 Å². The van der Waals surface area contributed by atoms with Crippen molar-refractivity contribution in [2.45, 2.75) is 33.1 Å². The Morgan fingerprint density at radius 2 is 1.58 bits per heavy atom. The van der Waals surface area contributed by atoms with Crippen molar-refractivity contribution in [3.8, 4) is 11.3 Å². The van der Waals surface area contributed by atoms with E-state index in [0.717, 1.165) is 27.5 Å². The second-order valence-electron chi connectivity index (χ2n) is 8.40. The number of amides is 2. The Labute approximate surface area is 184 Å². The summed E-state index contributed by atoms with van der Waals surface area (Å²) in [6, 6.07) is 17.3. The second-order valence-corrected chi connectivity index (χ2v) is 9.37. The van der Waals surface area contributed by atoms with E-state index in [2.05, 4.69) is 36.6 Å². The first kappa shape index (κ1) is 20.8. The third-order valence-electron chi connectivity index (χ3n) is 5.14. The van der Waals surface area contributed by atoms with Crippen molar-refractivity contribution in [3.63, 3.8) is 0 Å². The van der Waals surface area contributed by atoms with Crippen molar-refractivity contribution < 1.29 is 9.59 Å². The summed E-state index contributed by atoms with van der Waals surface area (Å²) in [7, 11) is 0. The van der Waals surface area contributed by atoms with Gasteiger partial charge in [0, 0.05) is 23.0 Å². The lowest BCUT2D eigenvalue weighted by molar-refractivity contribution is 0.0848. The van der Waals surface area contributed by atoms with Crippen molar-refractivity contribution in [3.05, 3.63) is 82.5 Å². The Morgan fingerprint density at radius 1 is 0.935 bits per heavy atom. The summed E-state index contributed by atoms with van der Waals surface area (Å²) in [5, 5.41) is 0. The number of aryl methyl sites for hydroxylation is 1. The number of hydrogen-bond donors (Lipinski definition) is 2. The highest BCUT2D eigenvalue weighted by Gasteiger charge is 2.19. The fourth-order valence-corrected chi connectivity index (χ4v) is 4.28. The molecule has 6 nitrogen and oxygen atoms in total. The van der Waals surface area contributed by atoms with Gasteiger partial charge < -0.3 is 0 Å². The quantitative estimate of drug-likeness (QED) is 0.459. The summed E-state index contributed by atoms with van der Waals surface area (Å²) in [4.78, 5) is 30.9. The molecule has 7 heteroatoms. The number of carbonyl (C=O) groups excluding carboxylic acids is 2. The maximum Gasteiger partial charge on any atom is 0.281 e. The zero-order valence-corrected chi connectivity index (χ0v) is 18.7. The van der Waals surface area contributed by atoms with E-state index in [1.165, 1.54) is 11.3 Å². The number of carbonyl (C=O) groups is 2. The maximum absolute atomic E-state index is 12.7. The number of aromatic nitrogens is 2. The third-order valence-corrected chi connectivity index (χ3v) is 6.29. The van der Waals surface area contributed by atoms with Crippen LogP contribution in [0.3, 0.4) is 0 Å². The minimum Gasteiger partial charge on any atom is -0.293 e. The van der Waals surface area contributed by atoms with Gasteiger partial charge in [0.2, 0.25) is 0 Å². The molecule has 0 fully saturated rings. The molecule has 0 aliphatic carbocycles. The summed E-state index contributed by atoms with van der Waals surface area (Å²) in [6.07, 6.45) is 1.92. The zero-order valence-electron chi connectivity index (χ0n) is 17.9. The SMILES string of the molecule is Cc1c(C(=O)NNC(=O)c2ccc(C(C)(C)C)cc2)sc2nc(-c3ccccc3)cn12. The Kier molecular flexibility index (Phi) is 5.37. The molecular formula is C24H24N4O2S. The predicted molar refractivity (Wildman–Crippen MR) is 123 cm³/mol. The molecule has 0 radical (unpaired) electrons. The highest BCUT2D eigenvalue weighted by atomic mass is 32.1. The number of imidazole rings is 1. The lowest BCUT2D eigenvalue weighted by atomic mass is 9.87. The third kappa shape index (κ3) is 4.22. The number of benzene rings is 2. The van der Waals surface area contributed by atoms with Crippen LogP contribution in [0.1, 0.15) is 52.1 Å². The van der Waals surface area contributed by atoms with Crippen molar-refractivity contribution in [1.29, 1.82) is 0 Å². The van der Waals surface area contributed by atoms with Gasteiger partial charge in [0.05, 0.1) is 5.69 Å². The van der Waals surface area contributed by atoms with Crippen LogP contribution in [0.4, 0.5) is 0 Å². The number of hydrogen-bond acceptors (Lipinski definition) is 4. The number of nitrogens with zero attached hydrogens (tertiary/aromatic N) is 2. The second kappa shape index (κ2) is 8.00. The van der Waals surface area contributed by atoms with Gasteiger partial charge in [-0.2, -0.15) is 0 Å². The molecule has 0 unspecified atom stereocenters. The number of hydrazine groups is 1. The van der Waals surface area contributed by atoms with E-state index < -0.39 is 0 Å². The van der Waals surface area contributed by atoms with Crippen LogP contribution in [0, 0.1) is 6.92 Å². The minimum absolute atomic E-state index is 0.0118. The van der Waals surface area contributed by atoms with Crippen LogP contribution in [0.5, 0.6) is 0 Å². The van der Waals surface area contributed by atoms with Gasteiger partial charge in [-0.25, -0.2) is 4.98 Å². The maximum atomic E-state index is 12.7. The summed E-state index contributed by atoms with van der Waals surface area (Å²) in [5.41, 5.74) is 9.29. The van der Waals surface area contributed by atoms with Crippen molar-refractivity contribution in [2.75, 3.05) is 0 Å². The molecule has 4 rings (SSSR count). The van der Waals surface area contributed by atoms with E-state index in [9.17, 15) is 9.59 Å². The molecule has 0 atom stereocenters. The van der Waals surface area contributed by atoms with Gasteiger partial charge in [-0.15, -0.1) is 0 Å². The molecule has 0 saturated carbocycles. The fourth-order valence-electron chi connectivity index (χ4n) is 3.27. The number of rotatable bonds is 3. The van der Waals surface area contributed by atoms with Gasteiger partial charge in [0.1, 0.15) is 4.88 Å². The van der Waals surface area contributed by atoms with Crippen molar-refractivity contribution >= 4 is 28.1 Å². The summed E-state index contributed by atoms with van der Waals surface area (Å²) in [6.45, 7) is 8.21.